The Bertz CT molecular complexity index is 838. The summed E-state index contributed by atoms with van der Waals surface area (Å²) >= 11 is 0. The number of halogens is 3. The Morgan fingerprint density at radius 1 is 1.07 bits per heavy atom. The molecule has 0 aliphatic heterocycles. The second-order valence-electron chi connectivity index (χ2n) is 8.67. The van der Waals surface area contributed by atoms with E-state index in [4.69, 9.17) is 4.74 Å². The van der Waals surface area contributed by atoms with Gasteiger partial charge in [0, 0.05) is 0 Å². The van der Waals surface area contributed by atoms with E-state index in [1.165, 1.54) is 12.1 Å². The van der Waals surface area contributed by atoms with Crippen molar-refractivity contribution in [2.75, 3.05) is 0 Å². The maximum absolute atomic E-state index is 14.8. The van der Waals surface area contributed by atoms with Crippen LogP contribution in [0, 0.1) is 17.7 Å². The highest BCUT2D eigenvalue weighted by Gasteiger charge is 2.44. The number of ether oxygens (including phenoxy) is 1. The lowest BCUT2D eigenvalue weighted by Gasteiger charge is -2.33. The summed E-state index contributed by atoms with van der Waals surface area (Å²) in [6.07, 6.45) is 7.11. The number of hydrogen-bond donors (Lipinski definition) is 0. The molecule has 0 radical (unpaired) electrons. The van der Waals surface area contributed by atoms with Crippen molar-refractivity contribution < 1.29 is 17.9 Å². The average molecular weight is 419 g/mol. The summed E-state index contributed by atoms with van der Waals surface area (Å²) in [5.41, 5.74) is 1.14. The molecule has 0 atom stereocenters. The first-order chi connectivity index (χ1) is 14.4. The van der Waals surface area contributed by atoms with Crippen LogP contribution in [0.1, 0.15) is 70.3 Å². The maximum Gasteiger partial charge on any atom is 0.400 e. The van der Waals surface area contributed by atoms with E-state index >= 15 is 0 Å². The van der Waals surface area contributed by atoms with E-state index in [-0.39, 0.29) is 5.75 Å². The smallest absolute Gasteiger partial charge is 0.400 e. The number of rotatable bonds is 10. The molecule has 1 aliphatic rings. The van der Waals surface area contributed by atoms with Crippen LogP contribution in [0.5, 0.6) is 5.75 Å². The van der Waals surface area contributed by atoms with Crippen LogP contribution in [-0.4, -0.2) is 6.11 Å². The second kappa shape index (κ2) is 10.4. The van der Waals surface area contributed by atoms with E-state index in [9.17, 15) is 13.2 Å². The standard InChI is InChI=1S/C26H33F3O/c1-3-5-7-9-20-10-13-21-18-25(24(27)17-22(21)16-20)30-26(28,29)23-14-11-19(12-15-23)8-6-4-2/h4,10,13,16-19,23H,2-3,5-9,11-12,14-15H2,1H3. The molecule has 0 aromatic heterocycles. The molecule has 0 heterocycles. The lowest BCUT2D eigenvalue weighted by molar-refractivity contribution is -0.224. The van der Waals surface area contributed by atoms with Crippen molar-refractivity contribution in [1.82, 2.24) is 0 Å². The summed E-state index contributed by atoms with van der Waals surface area (Å²) in [4.78, 5) is 0. The molecule has 0 N–H and O–H groups in total. The van der Waals surface area contributed by atoms with Gasteiger partial charge in [0.2, 0.25) is 0 Å². The maximum atomic E-state index is 14.8. The highest BCUT2D eigenvalue weighted by Crippen LogP contribution is 2.42. The third kappa shape index (κ3) is 5.80. The molecule has 1 saturated carbocycles. The number of benzene rings is 2. The van der Waals surface area contributed by atoms with E-state index in [1.54, 1.807) is 0 Å². The van der Waals surface area contributed by atoms with Gasteiger partial charge in [-0.1, -0.05) is 44.0 Å². The quantitative estimate of drug-likeness (QED) is 0.278. The van der Waals surface area contributed by atoms with Crippen LogP contribution < -0.4 is 4.74 Å². The molecule has 0 unspecified atom stereocenters. The summed E-state index contributed by atoms with van der Waals surface area (Å²) in [5, 5.41) is 1.44. The first-order valence-electron chi connectivity index (χ1n) is 11.3. The van der Waals surface area contributed by atoms with Gasteiger partial charge in [0.05, 0.1) is 5.92 Å². The van der Waals surface area contributed by atoms with Gasteiger partial charge in [-0.2, -0.15) is 8.78 Å². The molecule has 1 fully saturated rings. The number of allylic oxidation sites excluding steroid dienone is 1. The first-order valence-corrected chi connectivity index (χ1v) is 11.3. The molecule has 0 amide bonds. The molecule has 0 saturated heterocycles. The summed E-state index contributed by atoms with van der Waals surface area (Å²) < 4.78 is 49.1. The van der Waals surface area contributed by atoms with Crippen molar-refractivity contribution in [3.8, 4) is 5.75 Å². The SMILES string of the molecule is C=CCCC1CCC(C(F)(F)Oc2cc3ccc(CCCCC)cc3cc2F)CC1. The minimum absolute atomic E-state index is 0.361. The van der Waals surface area contributed by atoms with E-state index < -0.39 is 17.8 Å². The topological polar surface area (TPSA) is 9.23 Å². The molecule has 3 rings (SSSR count). The molecule has 4 heteroatoms. The zero-order chi connectivity index (χ0) is 21.6. The Labute approximate surface area is 178 Å². The highest BCUT2D eigenvalue weighted by atomic mass is 19.3. The molecule has 0 spiro atoms. The highest BCUT2D eigenvalue weighted by molar-refractivity contribution is 5.84. The van der Waals surface area contributed by atoms with Crippen molar-refractivity contribution in [3.05, 3.63) is 54.4 Å². The van der Waals surface area contributed by atoms with Gasteiger partial charge in [-0.3, -0.25) is 0 Å². The van der Waals surface area contributed by atoms with Crippen LogP contribution in [0.4, 0.5) is 13.2 Å². The fourth-order valence-electron chi connectivity index (χ4n) is 4.48. The van der Waals surface area contributed by atoms with Gasteiger partial charge < -0.3 is 4.74 Å². The fraction of sp³-hybridized carbons (Fsp3) is 0.538. The zero-order valence-corrected chi connectivity index (χ0v) is 17.9. The van der Waals surface area contributed by atoms with Crippen molar-refractivity contribution in [2.24, 2.45) is 11.8 Å². The van der Waals surface area contributed by atoms with Gasteiger partial charge in [0.25, 0.3) is 0 Å². The third-order valence-corrected chi connectivity index (χ3v) is 6.37. The number of alkyl halides is 2. The van der Waals surface area contributed by atoms with Gasteiger partial charge >= 0.3 is 6.11 Å². The monoisotopic (exact) mass is 418 g/mol. The normalized spacial score (nSPS) is 19.7. The number of aryl methyl sites for hydroxylation is 1. The molecule has 2 aromatic rings. The first kappa shape index (κ1) is 22.7. The van der Waals surface area contributed by atoms with Crippen LogP contribution in [-0.2, 0) is 6.42 Å². The Hall–Kier alpha value is -1.97. The minimum atomic E-state index is -3.36. The van der Waals surface area contributed by atoms with Gasteiger partial charge in [-0.25, -0.2) is 4.39 Å². The van der Waals surface area contributed by atoms with Crippen LogP contribution >= 0.6 is 0 Å². The predicted molar refractivity (Wildman–Crippen MR) is 118 cm³/mol. The number of hydrogen-bond acceptors (Lipinski definition) is 1. The average Bonchev–Trinajstić information content (AvgIpc) is 2.73. The largest absolute Gasteiger partial charge is 0.429 e. The fourth-order valence-corrected chi connectivity index (χ4v) is 4.48. The lowest BCUT2D eigenvalue weighted by atomic mass is 9.79. The molecular weight excluding hydrogens is 385 g/mol. The summed E-state index contributed by atoms with van der Waals surface area (Å²) in [7, 11) is 0. The van der Waals surface area contributed by atoms with Gasteiger partial charge in [-0.05, 0) is 85.8 Å². The van der Waals surface area contributed by atoms with Crippen LogP contribution in [0.3, 0.4) is 0 Å². The summed E-state index contributed by atoms with van der Waals surface area (Å²) in [6, 6.07) is 8.52. The van der Waals surface area contributed by atoms with Gasteiger partial charge in [0.1, 0.15) is 0 Å². The molecule has 2 aromatic carbocycles. The molecule has 1 aliphatic carbocycles. The molecular formula is C26H33F3O. The second-order valence-corrected chi connectivity index (χ2v) is 8.67. The summed E-state index contributed by atoms with van der Waals surface area (Å²) in [5.74, 6) is -1.49. The third-order valence-electron chi connectivity index (χ3n) is 6.37. The number of fused-ring (bicyclic) bond motifs is 1. The van der Waals surface area contributed by atoms with Crippen molar-refractivity contribution >= 4 is 10.8 Å². The van der Waals surface area contributed by atoms with E-state index in [1.807, 2.05) is 24.3 Å². The van der Waals surface area contributed by atoms with Crippen molar-refractivity contribution in [1.29, 1.82) is 0 Å². The lowest BCUT2D eigenvalue weighted by Crippen LogP contribution is -2.37. The van der Waals surface area contributed by atoms with Crippen molar-refractivity contribution in [3.63, 3.8) is 0 Å². The molecule has 1 nitrogen and oxygen atoms in total. The Morgan fingerprint density at radius 2 is 1.83 bits per heavy atom. The van der Waals surface area contributed by atoms with Gasteiger partial charge in [-0.15, -0.1) is 6.58 Å². The van der Waals surface area contributed by atoms with E-state index in [0.29, 0.717) is 18.8 Å². The number of unbranched alkanes of at least 4 members (excludes halogenated alkanes) is 2. The van der Waals surface area contributed by atoms with Gasteiger partial charge in [0.15, 0.2) is 11.6 Å². The Morgan fingerprint density at radius 3 is 2.53 bits per heavy atom. The zero-order valence-electron chi connectivity index (χ0n) is 17.9. The molecule has 164 valence electrons. The van der Waals surface area contributed by atoms with E-state index in [2.05, 4.69) is 13.5 Å². The summed E-state index contributed by atoms with van der Waals surface area (Å²) in [6.45, 7) is 5.88. The van der Waals surface area contributed by atoms with Crippen LogP contribution in [0.15, 0.2) is 43.0 Å². The van der Waals surface area contributed by atoms with Crippen molar-refractivity contribution in [2.45, 2.75) is 77.2 Å². The van der Waals surface area contributed by atoms with Crippen LogP contribution in [0.2, 0.25) is 0 Å². The predicted octanol–water partition coefficient (Wildman–Crippen LogP) is 8.46. The Balaban J connectivity index is 1.67. The molecule has 0 bridgehead atoms. The molecule has 30 heavy (non-hydrogen) atoms. The van der Waals surface area contributed by atoms with Crippen LogP contribution in [0.25, 0.3) is 10.8 Å². The minimum Gasteiger partial charge on any atom is -0.429 e. The Kier molecular flexibility index (Phi) is 7.85. The van der Waals surface area contributed by atoms with E-state index in [0.717, 1.165) is 67.7 Å².